The van der Waals surface area contributed by atoms with Crippen LogP contribution < -0.4 is 5.73 Å². The zero-order valence-corrected chi connectivity index (χ0v) is 11.5. The molecule has 2 aromatic rings. The van der Waals surface area contributed by atoms with Gasteiger partial charge < -0.3 is 5.73 Å². The number of benzene rings is 2. The van der Waals surface area contributed by atoms with Gasteiger partial charge in [-0.3, -0.25) is 4.79 Å². The van der Waals surface area contributed by atoms with Gasteiger partial charge in [-0.1, -0.05) is 60.7 Å². The molecule has 2 nitrogen and oxygen atoms in total. The number of hydrogen-bond donors (Lipinski definition) is 1. The summed E-state index contributed by atoms with van der Waals surface area (Å²) in [4.78, 5) is 11.6. The van der Waals surface area contributed by atoms with Crippen molar-refractivity contribution >= 4 is 17.5 Å². The van der Waals surface area contributed by atoms with Crippen molar-refractivity contribution in [3.05, 3.63) is 71.8 Å². The van der Waals surface area contributed by atoms with E-state index in [0.29, 0.717) is 0 Å². The molecule has 2 N–H and O–H groups in total. The van der Waals surface area contributed by atoms with E-state index in [-0.39, 0.29) is 0 Å². The Labute approximate surface area is 118 Å². The number of halogens is 1. The quantitative estimate of drug-likeness (QED) is 0.855. The second-order valence-corrected chi connectivity index (χ2v) is 5.14. The predicted molar refractivity (Wildman–Crippen MR) is 78.2 cm³/mol. The molecule has 0 aliphatic heterocycles. The average molecular weight is 274 g/mol. The highest BCUT2D eigenvalue weighted by Gasteiger charge is 2.39. The molecule has 0 fully saturated rings. The van der Waals surface area contributed by atoms with Gasteiger partial charge in [0, 0.05) is 5.41 Å². The van der Waals surface area contributed by atoms with E-state index in [0.717, 1.165) is 11.1 Å². The van der Waals surface area contributed by atoms with Crippen LogP contribution in [0.3, 0.4) is 0 Å². The van der Waals surface area contributed by atoms with Crippen molar-refractivity contribution in [3.63, 3.8) is 0 Å². The van der Waals surface area contributed by atoms with Crippen molar-refractivity contribution in [1.29, 1.82) is 0 Å². The second kappa shape index (κ2) is 5.45. The number of amides is 1. The van der Waals surface area contributed by atoms with Gasteiger partial charge in [-0.2, -0.15) is 0 Å². The van der Waals surface area contributed by atoms with Gasteiger partial charge in [0.2, 0.25) is 5.91 Å². The molecule has 0 aliphatic rings. The van der Waals surface area contributed by atoms with Crippen molar-refractivity contribution < 1.29 is 4.79 Å². The van der Waals surface area contributed by atoms with E-state index in [1.165, 1.54) is 0 Å². The number of nitrogens with two attached hydrogens (primary N) is 1. The van der Waals surface area contributed by atoms with E-state index in [1.807, 2.05) is 67.6 Å². The third kappa shape index (κ3) is 2.49. The summed E-state index contributed by atoms with van der Waals surface area (Å²) in [5.74, 6) is -0.517. The lowest BCUT2D eigenvalue weighted by atomic mass is 9.73. The predicted octanol–water partition coefficient (Wildman–Crippen LogP) is 3.09. The molecule has 2 aromatic carbocycles. The molecule has 0 saturated carbocycles. The minimum absolute atomic E-state index is 0.517. The molecule has 2 rings (SSSR count). The highest BCUT2D eigenvalue weighted by molar-refractivity contribution is 6.31. The lowest BCUT2D eigenvalue weighted by Gasteiger charge is -2.33. The van der Waals surface area contributed by atoms with E-state index in [1.54, 1.807) is 0 Å². The van der Waals surface area contributed by atoms with Crippen LogP contribution in [-0.4, -0.2) is 11.3 Å². The van der Waals surface area contributed by atoms with Crippen LogP contribution in [-0.2, 0) is 10.2 Å². The van der Waals surface area contributed by atoms with E-state index in [4.69, 9.17) is 17.3 Å². The molecule has 3 heteroatoms. The number of rotatable bonds is 4. The van der Waals surface area contributed by atoms with Crippen LogP contribution in [0.1, 0.15) is 18.1 Å². The molecule has 1 atom stereocenters. The van der Waals surface area contributed by atoms with Crippen LogP contribution in [0.4, 0.5) is 0 Å². The fraction of sp³-hybridized carbons (Fsp3) is 0.188. The Bertz CT molecular complexity index is 514. The Morgan fingerprint density at radius 1 is 1.00 bits per heavy atom. The van der Waals surface area contributed by atoms with Crippen molar-refractivity contribution in [1.82, 2.24) is 0 Å². The minimum atomic E-state index is -0.808. The molecular weight excluding hydrogens is 258 g/mol. The molecule has 0 heterocycles. The highest BCUT2D eigenvalue weighted by Crippen LogP contribution is 2.37. The first-order valence-corrected chi connectivity index (χ1v) is 6.55. The van der Waals surface area contributed by atoms with Crippen LogP contribution in [0, 0.1) is 0 Å². The van der Waals surface area contributed by atoms with Crippen LogP contribution in [0.5, 0.6) is 0 Å². The third-order valence-corrected chi connectivity index (χ3v) is 4.16. The molecule has 0 radical (unpaired) electrons. The molecule has 0 saturated heterocycles. The maximum Gasteiger partial charge on any atom is 0.236 e. The average Bonchev–Trinajstić information content (AvgIpc) is 2.47. The van der Waals surface area contributed by atoms with Crippen molar-refractivity contribution in [2.24, 2.45) is 5.73 Å². The van der Waals surface area contributed by atoms with Gasteiger partial charge in [-0.15, -0.1) is 11.6 Å². The second-order valence-electron chi connectivity index (χ2n) is 4.70. The van der Waals surface area contributed by atoms with E-state index >= 15 is 0 Å². The maximum absolute atomic E-state index is 11.6. The highest BCUT2D eigenvalue weighted by atomic mass is 35.5. The molecular formula is C16H16ClNO. The van der Waals surface area contributed by atoms with Crippen molar-refractivity contribution in [3.8, 4) is 0 Å². The monoisotopic (exact) mass is 273 g/mol. The summed E-state index contributed by atoms with van der Waals surface area (Å²) < 4.78 is 0. The van der Waals surface area contributed by atoms with Gasteiger partial charge in [-0.25, -0.2) is 0 Å². The fourth-order valence-electron chi connectivity index (χ4n) is 2.31. The maximum atomic E-state index is 11.6. The summed E-state index contributed by atoms with van der Waals surface area (Å²) >= 11 is 6.32. The summed E-state index contributed by atoms with van der Waals surface area (Å²) in [6.45, 7) is 1.94. The van der Waals surface area contributed by atoms with Crippen molar-refractivity contribution in [2.75, 3.05) is 0 Å². The van der Waals surface area contributed by atoms with Crippen molar-refractivity contribution in [2.45, 2.75) is 17.7 Å². The van der Waals surface area contributed by atoms with Gasteiger partial charge in [0.15, 0.2) is 0 Å². The Kier molecular flexibility index (Phi) is 3.91. The van der Waals surface area contributed by atoms with E-state index in [2.05, 4.69) is 0 Å². The van der Waals surface area contributed by atoms with Gasteiger partial charge in [0.1, 0.15) is 5.38 Å². The molecule has 19 heavy (non-hydrogen) atoms. The summed E-state index contributed by atoms with van der Waals surface area (Å²) in [6, 6.07) is 19.4. The first-order chi connectivity index (χ1) is 9.06. The lowest BCUT2D eigenvalue weighted by Crippen LogP contribution is -2.42. The number of carbonyl (C=O) groups excluding carboxylic acids is 1. The third-order valence-electron chi connectivity index (χ3n) is 3.50. The van der Waals surface area contributed by atoms with Gasteiger partial charge in [0.05, 0.1) is 0 Å². The Morgan fingerprint density at radius 3 is 1.68 bits per heavy atom. The van der Waals surface area contributed by atoms with Crippen LogP contribution >= 0.6 is 11.6 Å². The van der Waals surface area contributed by atoms with Gasteiger partial charge >= 0.3 is 0 Å². The lowest BCUT2D eigenvalue weighted by molar-refractivity contribution is -0.118. The number of primary amides is 1. The molecule has 98 valence electrons. The van der Waals surface area contributed by atoms with E-state index < -0.39 is 16.7 Å². The molecule has 1 amide bonds. The summed E-state index contributed by atoms with van der Waals surface area (Å²) in [7, 11) is 0. The largest absolute Gasteiger partial charge is 0.368 e. The summed E-state index contributed by atoms with van der Waals surface area (Å²) in [5.41, 5.74) is 6.73. The van der Waals surface area contributed by atoms with Gasteiger partial charge in [-0.05, 0) is 18.1 Å². The zero-order chi connectivity index (χ0) is 13.9. The summed E-state index contributed by atoms with van der Waals surface area (Å²) in [6.07, 6.45) is 0. The Hall–Kier alpha value is -1.80. The summed E-state index contributed by atoms with van der Waals surface area (Å²) in [5, 5.41) is -0.808. The van der Waals surface area contributed by atoms with Gasteiger partial charge in [0.25, 0.3) is 0 Å². The smallest absolute Gasteiger partial charge is 0.236 e. The van der Waals surface area contributed by atoms with Crippen LogP contribution in [0.25, 0.3) is 0 Å². The number of alkyl halides is 1. The SMILES string of the molecule is CC(c1ccccc1)(c1ccccc1)C(Cl)C(N)=O. The molecule has 0 aromatic heterocycles. The van der Waals surface area contributed by atoms with E-state index in [9.17, 15) is 4.79 Å². The minimum Gasteiger partial charge on any atom is -0.368 e. The normalized spacial score (nSPS) is 12.9. The first kappa shape index (κ1) is 13.6. The number of hydrogen-bond acceptors (Lipinski definition) is 1. The number of carbonyl (C=O) groups is 1. The molecule has 0 aliphatic carbocycles. The van der Waals surface area contributed by atoms with Crippen LogP contribution in [0.2, 0.25) is 0 Å². The Morgan fingerprint density at radius 2 is 1.37 bits per heavy atom. The topological polar surface area (TPSA) is 43.1 Å². The molecule has 1 unspecified atom stereocenters. The molecule has 0 spiro atoms. The molecule has 0 bridgehead atoms. The first-order valence-electron chi connectivity index (χ1n) is 6.11. The standard InChI is InChI=1S/C16H16ClNO/c1-16(14(17)15(18)19,12-8-4-2-5-9-12)13-10-6-3-7-11-13/h2-11,14H,1H3,(H2,18,19). The Balaban J connectivity index is 2.61. The fourth-order valence-corrected chi connectivity index (χ4v) is 2.56. The van der Waals surface area contributed by atoms with Crippen LogP contribution in [0.15, 0.2) is 60.7 Å². The zero-order valence-electron chi connectivity index (χ0n) is 10.7.